The highest BCUT2D eigenvalue weighted by Gasteiger charge is 2.07. The molecule has 3 rings (SSSR count). The van der Waals surface area contributed by atoms with Crippen LogP contribution in [0.25, 0.3) is 11.0 Å². The Kier molecular flexibility index (Phi) is 5.35. The van der Waals surface area contributed by atoms with Crippen LogP contribution in [0.5, 0.6) is 5.75 Å². The van der Waals surface area contributed by atoms with Crippen LogP contribution in [-0.4, -0.2) is 21.3 Å². The van der Waals surface area contributed by atoms with Crippen LogP contribution in [0, 0.1) is 0 Å². The van der Waals surface area contributed by atoms with Crippen molar-refractivity contribution in [1.82, 2.24) is 9.55 Å². The van der Waals surface area contributed by atoms with Gasteiger partial charge in [0.2, 0.25) is 0 Å². The van der Waals surface area contributed by atoms with E-state index in [2.05, 4.69) is 15.6 Å². The first-order chi connectivity index (χ1) is 10.3. The predicted molar refractivity (Wildman–Crippen MR) is 84.2 cm³/mol. The molecule has 1 aromatic heterocycles. The third kappa shape index (κ3) is 3.83. The van der Waals surface area contributed by atoms with Crippen LogP contribution in [0.2, 0.25) is 0 Å². The molecule has 0 saturated heterocycles. The molecule has 3 aromatic rings. The zero-order valence-electron chi connectivity index (χ0n) is 12.4. The summed E-state index contributed by atoms with van der Waals surface area (Å²) in [5.74, 6) is 1.80. The van der Waals surface area contributed by atoms with E-state index in [-0.39, 0.29) is 6.61 Å². The number of aromatic nitrogens is 2. The van der Waals surface area contributed by atoms with Crippen molar-refractivity contribution in [1.29, 1.82) is 0 Å². The van der Waals surface area contributed by atoms with E-state index in [4.69, 9.17) is 9.84 Å². The molecule has 0 aliphatic heterocycles. The monoisotopic (exact) mass is 284 g/mol. The van der Waals surface area contributed by atoms with Crippen molar-refractivity contribution in [3.05, 3.63) is 60.4 Å². The maximum absolute atomic E-state index is 7.57. The highest BCUT2D eigenvalue weighted by atomic mass is 16.5. The van der Waals surface area contributed by atoms with Crippen molar-refractivity contribution in [2.45, 2.75) is 13.5 Å². The Labute approximate surface area is 124 Å². The number of para-hydroxylation sites is 3. The summed E-state index contributed by atoms with van der Waals surface area (Å²) in [5.41, 5.74) is 2.14. The molecule has 0 saturated carbocycles. The SMILES string of the molecule is CCO.Cn1c(COc2ccccc2)nc2ccccc21. The lowest BCUT2D eigenvalue weighted by Gasteiger charge is -2.05. The van der Waals surface area contributed by atoms with Gasteiger partial charge in [0.05, 0.1) is 11.0 Å². The Hall–Kier alpha value is -2.33. The first-order valence-electron chi connectivity index (χ1n) is 6.95. The molecule has 1 N–H and O–H groups in total. The summed E-state index contributed by atoms with van der Waals surface area (Å²) in [4.78, 5) is 4.57. The van der Waals surface area contributed by atoms with Crippen LogP contribution in [0.3, 0.4) is 0 Å². The van der Waals surface area contributed by atoms with E-state index in [1.165, 1.54) is 0 Å². The van der Waals surface area contributed by atoms with Crippen molar-refractivity contribution in [2.75, 3.05) is 6.61 Å². The molecule has 1 heterocycles. The van der Waals surface area contributed by atoms with E-state index in [0.29, 0.717) is 6.61 Å². The number of fused-ring (bicyclic) bond motifs is 1. The summed E-state index contributed by atoms with van der Waals surface area (Å²) >= 11 is 0. The molecule has 0 unspecified atom stereocenters. The summed E-state index contributed by atoms with van der Waals surface area (Å²) in [6.07, 6.45) is 0. The van der Waals surface area contributed by atoms with E-state index in [1.54, 1.807) is 6.92 Å². The van der Waals surface area contributed by atoms with Crippen LogP contribution in [0.4, 0.5) is 0 Å². The van der Waals surface area contributed by atoms with Gasteiger partial charge >= 0.3 is 0 Å². The third-order valence-corrected chi connectivity index (χ3v) is 2.99. The van der Waals surface area contributed by atoms with Gasteiger partial charge in [-0.25, -0.2) is 4.98 Å². The van der Waals surface area contributed by atoms with Gasteiger partial charge in [0.1, 0.15) is 18.2 Å². The number of aliphatic hydroxyl groups excluding tert-OH is 1. The molecule has 110 valence electrons. The first-order valence-corrected chi connectivity index (χ1v) is 6.95. The van der Waals surface area contributed by atoms with Crippen LogP contribution >= 0.6 is 0 Å². The quantitative estimate of drug-likeness (QED) is 0.803. The Morgan fingerprint density at radius 3 is 2.33 bits per heavy atom. The fraction of sp³-hybridized carbons (Fsp3) is 0.235. The number of benzene rings is 2. The van der Waals surface area contributed by atoms with Gasteiger partial charge in [-0.1, -0.05) is 30.3 Å². The number of aryl methyl sites for hydroxylation is 1. The van der Waals surface area contributed by atoms with Gasteiger partial charge in [-0.3, -0.25) is 0 Å². The number of rotatable bonds is 3. The van der Waals surface area contributed by atoms with Crippen molar-refractivity contribution in [3.63, 3.8) is 0 Å². The lowest BCUT2D eigenvalue weighted by Crippen LogP contribution is -2.03. The lowest BCUT2D eigenvalue weighted by atomic mass is 10.3. The fourth-order valence-electron chi connectivity index (χ4n) is 1.99. The summed E-state index contributed by atoms with van der Waals surface area (Å²) in [5, 5.41) is 7.57. The second-order valence-electron chi connectivity index (χ2n) is 4.49. The van der Waals surface area contributed by atoms with Crippen molar-refractivity contribution >= 4 is 11.0 Å². The van der Waals surface area contributed by atoms with E-state index in [9.17, 15) is 0 Å². The van der Waals surface area contributed by atoms with Gasteiger partial charge in [-0.2, -0.15) is 0 Å². The molecule has 2 aromatic carbocycles. The highest BCUT2D eigenvalue weighted by Crippen LogP contribution is 2.16. The topological polar surface area (TPSA) is 47.3 Å². The molecule has 0 atom stereocenters. The molecule has 0 aliphatic rings. The minimum Gasteiger partial charge on any atom is -0.486 e. The smallest absolute Gasteiger partial charge is 0.147 e. The van der Waals surface area contributed by atoms with Crippen molar-refractivity contribution < 1.29 is 9.84 Å². The van der Waals surface area contributed by atoms with Crippen LogP contribution < -0.4 is 4.74 Å². The van der Waals surface area contributed by atoms with Gasteiger partial charge in [0.15, 0.2) is 0 Å². The molecular formula is C17H20N2O2. The molecule has 4 heteroatoms. The maximum Gasteiger partial charge on any atom is 0.147 e. The molecule has 0 radical (unpaired) electrons. The van der Waals surface area contributed by atoms with Gasteiger partial charge in [-0.05, 0) is 31.2 Å². The fourth-order valence-corrected chi connectivity index (χ4v) is 1.99. The minimum absolute atomic E-state index is 0.250. The standard InChI is InChI=1S/C15H14N2O.C2H6O/c1-17-14-10-6-5-9-13(14)16-15(17)11-18-12-7-3-2-4-8-12;1-2-3/h2-10H,11H2,1H3;3H,2H2,1H3. The Bertz CT molecular complexity index is 678. The summed E-state index contributed by atoms with van der Waals surface area (Å²) in [7, 11) is 2.01. The van der Waals surface area contributed by atoms with E-state index in [0.717, 1.165) is 22.6 Å². The van der Waals surface area contributed by atoms with Crippen LogP contribution in [-0.2, 0) is 13.7 Å². The summed E-state index contributed by atoms with van der Waals surface area (Å²) < 4.78 is 7.79. The number of aliphatic hydroxyl groups is 1. The second kappa shape index (κ2) is 7.45. The average Bonchev–Trinajstić information content (AvgIpc) is 2.84. The minimum atomic E-state index is 0.250. The summed E-state index contributed by atoms with van der Waals surface area (Å²) in [6.45, 7) is 2.41. The van der Waals surface area contributed by atoms with Crippen molar-refractivity contribution in [3.8, 4) is 5.75 Å². The number of nitrogens with zero attached hydrogens (tertiary/aromatic N) is 2. The first kappa shape index (κ1) is 15.1. The number of imidazole rings is 1. The van der Waals surface area contributed by atoms with E-state index < -0.39 is 0 Å². The molecule has 0 fully saturated rings. The van der Waals surface area contributed by atoms with Crippen LogP contribution in [0.1, 0.15) is 12.7 Å². The third-order valence-electron chi connectivity index (χ3n) is 2.99. The molecule has 0 bridgehead atoms. The van der Waals surface area contributed by atoms with E-state index >= 15 is 0 Å². The lowest BCUT2D eigenvalue weighted by molar-refractivity contribution is 0.292. The zero-order valence-corrected chi connectivity index (χ0v) is 12.4. The predicted octanol–water partition coefficient (Wildman–Crippen LogP) is 3.15. The zero-order chi connectivity index (χ0) is 15.1. The molecule has 4 nitrogen and oxygen atoms in total. The largest absolute Gasteiger partial charge is 0.486 e. The number of ether oxygens (including phenoxy) is 1. The van der Waals surface area contributed by atoms with Gasteiger partial charge in [0.25, 0.3) is 0 Å². The number of hydrogen-bond donors (Lipinski definition) is 1. The van der Waals surface area contributed by atoms with Gasteiger partial charge < -0.3 is 14.4 Å². The highest BCUT2D eigenvalue weighted by molar-refractivity contribution is 5.75. The van der Waals surface area contributed by atoms with E-state index in [1.807, 2.05) is 55.6 Å². The second-order valence-corrected chi connectivity index (χ2v) is 4.49. The molecule has 0 aliphatic carbocycles. The molecule has 0 spiro atoms. The number of hydrogen-bond acceptors (Lipinski definition) is 3. The van der Waals surface area contributed by atoms with Crippen molar-refractivity contribution in [2.24, 2.45) is 7.05 Å². The summed E-state index contributed by atoms with van der Waals surface area (Å²) in [6, 6.07) is 17.9. The maximum atomic E-state index is 7.57. The Morgan fingerprint density at radius 1 is 1.05 bits per heavy atom. The Morgan fingerprint density at radius 2 is 1.67 bits per heavy atom. The molecule has 21 heavy (non-hydrogen) atoms. The van der Waals surface area contributed by atoms with Gasteiger partial charge in [0, 0.05) is 13.7 Å². The molecule has 0 amide bonds. The van der Waals surface area contributed by atoms with Gasteiger partial charge in [-0.15, -0.1) is 0 Å². The normalized spacial score (nSPS) is 10.0. The average molecular weight is 284 g/mol. The molecular weight excluding hydrogens is 264 g/mol. The Balaban J connectivity index is 0.000000497. The van der Waals surface area contributed by atoms with Crippen LogP contribution in [0.15, 0.2) is 54.6 Å².